The number of sulfonamides is 1. The first-order chi connectivity index (χ1) is 12.4. The lowest BCUT2D eigenvalue weighted by Gasteiger charge is -2.31. The van der Waals surface area contributed by atoms with E-state index in [0.29, 0.717) is 6.42 Å². The quantitative estimate of drug-likeness (QED) is 0.657. The molecule has 0 aromatic heterocycles. The first-order valence-electron chi connectivity index (χ1n) is 8.45. The minimum absolute atomic E-state index is 0.0347. The molecule has 7 nitrogen and oxygen atoms in total. The van der Waals surface area contributed by atoms with Gasteiger partial charge in [-0.2, -0.15) is 0 Å². The Labute approximate surface area is 151 Å². The van der Waals surface area contributed by atoms with Gasteiger partial charge in [-0.3, -0.25) is 15.0 Å². The van der Waals surface area contributed by atoms with Gasteiger partial charge in [0.25, 0.3) is 5.69 Å². The van der Waals surface area contributed by atoms with Gasteiger partial charge < -0.3 is 0 Å². The molecule has 1 aliphatic heterocycles. The van der Waals surface area contributed by atoms with Crippen molar-refractivity contribution in [2.24, 2.45) is 0 Å². The SMILES string of the molecule is CN1CCc2cccc3c2C1CC3NS(=O)(=O)c1ccc([N+](=O)[O-])cc1. The number of nitrogens with one attached hydrogen (secondary N) is 1. The summed E-state index contributed by atoms with van der Waals surface area (Å²) in [7, 11) is -1.69. The standard InChI is InChI=1S/C18H19N3O4S/c1-20-10-9-12-3-2-4-15-16(11-17(20)18(12)15)19-26(24,25)14-7-5-13(6-8-14)21(22)23/h2-8,16-17,19H,9-11H2,1H3. The molecular weight excluding hydrogens is 354 g/mol. The monoisotopic (exact) mass is 373 g/mol. The molecule has 0 spiro atoms. The lowest BCUT2D eigenvalue weighted by molar-refractivity contribution is -0.384. The van der Waals surface area contributed by atoms with Crippen molar-refractivity contribution < 1.29 is 13.3 Å². The molecule has 8 heteroatoms. The third-order valence-electron chi connectivity index (χ3n) is 5.32. The second-order valence-electron chi connectivity index (χ2n) is 6.83. The normalized spacial score (nSPS) is 22.2. The van der Waals surface area contributed by atoms with Crippen LogP contribution >= 0.6 is 0 Å². The Bertz CT molecular complexity index is 972. The van der Waals surface area contributed by atoms with Gasteiger partial charge in [0.15, 0.2) is 0 Å². The van der Waals surface area contributed by atoms with Crippen molar-refractivity contribution in [2.75, 3.05) is 13.6 Å². The van der Waals surface area contributed by atoms with E-state index in [1.165, 1.54) is 35.4 Å². The van der Waals surface area contributed by atoms with E-state index in [2.05, 4.69) is 22.7 Å². The van der Waals surface area contributed by atoms with Gasteiger partial charge in [-0.05, 0) is 48.7 Å². The minimum Gasteiger partial charge on any atom is -0.299 e. The Balaban J connectivity index is 1.64. The molecule has 1 N–H and O–H groups in total. The Morgan fingerprint density at radius 1 is 1.19 bits per heavy atom. The molecule has 0 amide bonds. The highest BCUT2D eigenvalue weighted by molar-refractivity contribution is 7.89. The van der Waals surface area contributed by atoms with Crippen LogP contribution in [0.1, 0.15) is 35.2 Å². The molecule has 0 saturated heterocycles. The highest BCUT2D eigenvalue weighted by Crippen LogP contribution is 2.46. The summed E-state index contributed by atoms with van der Waals surface area (Å²) in [6.07, 6.45) is 1.66. The predicted octanol–water partition coefficient (Wildman–Crippen LogP) is 2.55. The van der Waals surface area contributed by atoms with Crippen molar-refractivity contribution in [1.82, 2.24) is 9.62 Å². The zero-order chi connectivity index (χ0) is 18.5. The Kier molecular flexibility index (Phi) is 4.06. The molecule has 2 unspecified atom stereocenters. The molecule has 1 heterocycles. The number of nitro benzene ring substituents is 1. The lowest BCUT2D eigenvalue weighted by atomic mass is 9.94. The summed E-state index contributed by atoms with van der Waals surface area (Å²) in [6, 6.07) is 11.0. The Hall–Kier alpha value is -2.29. The molecule has 0 fully saturated rings. The summed E-state index contributed by atoms with van der Waals surface area (Å²) in [5.41, 5.74) is 3.44. The first kappa shape index (κ1) is 17.1. The average molecular weight is 373 g/mol. The van der Waals surface area contributed by atoms with Gasteiger partial charge >= 0.3 is 0 Å². The van der Waals surface area contributed by atoms with E-state index >= 15 is 0 Å². The maximum atomic E-state index is 12.8. The van der Waals surface area contributed by atoms with E-state index in [1.807, 2.05) is 12.1 Å². The fraction of sp³-hybridized carbons (Fsp3) is 0.333. The average Bonchev–Trinajstić information content (AvgIpc) is 2.98. The van der Waals surface area contributed by atoms with Gasteiger partial charge in [0.2, 0.25) is 10.0 Å². The van der Waals surface area contributed by atoms with E-state index in [0.717, 1.165) is 18.5 Å². The van der Waals surface area contributed by atoms with Gasteiger partial charge in [0.05, 0.1) is 9.82 Å². The number of likely N-dealkylation sites (N-methyl/N-ethyl adjacent to an activating group) is 1. The molecule has 136 valence electrons. The van der Waals surface area contributed by atoms with Crippen molar-refractivity contribution in [2.45, 2.75) is 29.8 Å². The smallest absolute Gasteiger partial charge is 0.269 e. The number of rotatable bonds is 4. The third kappa shape index (κ3) is 2.80. The van der Waals surface area contributed by atoms with Crippen molar-refractivity contribution >= 4 is 15.7 Å². The molecular formula is C18H19N3O4S. The molecule has 4 rings (SSSR count). The zero-order valence-corrected chi connectivity index (χ0v) is 15.1. The summed E-state index contributed by atoms with van der Waals surface area (Å²) in [5.74, 6) is 0. The van der Waals surface area contributed by atoms with E-state index in [4.69, 9.17) is 0 Å². The second-order valence-corrected chi connectivity index (χ2v) is 8.54. The number of nitro groups is 1. The van der Waals surface area contributed by atoms with E-state index in [1.54, 1.807) is 0 Å². The fourth-order valence-corrected chi connectivity index (χ4v) is 5.22. The fourth-order valence-electron chi connectivity index (χ4n) is 4.00. The molecule has 0 saturated carbocycles. The number of hydrogen-bond acceptors (Lipinski definition) is 5. The summed E-state index contributed by atoms with van der Waals surface area (Å²) in [4.78, 5) is 12.5. The van der Waals surface area contributed by atoms with Crippen molar-refractivity contribution in [1.29, 1.82) is 0 Å². The van der Waals surface area contributed by atoms with Crippen LogP contribution in [0.4, 0.5) is 5.69 Å². The summed E-state index contributed by atoms with van der Waals surface area (Å²) in [5, 5.41) is 10.8. The third-order valence-corrected chi connectivity index (χ3v) is 6.81. The Morgan fingerprint density at radius 2 is 1.92 bits per heavy atom. The largest absolute Gasteiger partial charge is 0.299 e. The highest BCUT2D eigenvalue weighted by Gasteiger charge is 2.39. The van der Waals surface area contributed by atoms with Crippen molar-refractivity contribution in [3.05, 3.63) is 69.3 Å². The molecule has 2 aromatic carbocycles. The van der Waals surface area contributed by atoms with Crippen LogP contribution in [-0.2, 0) is 16.4 Å². The topological polar surface area (TPSA) is 92.6 Å². The van der Waals surface area contributed by atoms with Crippen LogP contribution in [0.25, 0.3) is 0 Å². The lowest BCUT2D eigenvalue weighted by Crippen LogP contribution is -2.31. The molecule has 2 aromatic rings. The molecule has 0 radical (unpaired) electrons. The van der Waals surface area contributed by atoms with Gasteiger partial charge in [-0.15, -0.1) is 0 Å². The van der Waals surface area contributed by atoms with E-state index in [9.17, 15) is 18.5 Å². The molecule has 1 aliphatic carbocycles. The van der Waals surface area contributed by atoms with Gasteiger partial charge in [0, 0.05) is 30.8 Å². The van der Waals surface area contributed by atoms with Crippen LogP contribution in [0.5, 0.6) is 0 Å². The first-order valence-corrected chi connectivity index (χ1v) is 9.94. The summed E-state index contributed by atoms with van der Waals surface area (Å²) < 4.78 is 28.3. The number of nitrogens with zero attached hydrogens (tertiary/aromatic N) is 2. The molecule has 2 atom stereocenters. The van der Waals surface area contributed by atoms with Crippen molar-refractivity contribution in [3.8, 4) is 0 Å². The highest BCUT2D eigenvalue weighted by atomic mass is 32.2. The van der Waals surface area contributed by atoms with Gasteiger partial charge in [-0.25, -0.2) is 13.1 Å². The molecule has 26 heavy (non-hydrogen) atoms. The van der Waals surface area contributed by atoms with E-state index < -0.39 is 14.9 Å². The Morgan fingerprint density at radius 3 is 2.62 bits per heavy atom. The summed E-state index contributed by atoms with van der Waals surface area (Å²) >= 11 is 0. The van der Waals surface area contributed by atoms with E-state index in [-0.39, 0.29) is 22.7 Å². The minimum atomic E-state index is -3.76. The number of non-ortho nitro benzene ring substituents is 1. The van der Waals surface area contributed by atoms with Crippen LogP contribution in [0, 0.1) is 10.1 Å². The van der Waals surface area contributed by atoms with Crippen LogP contribution in [0.3, 0.4) is 0 Å². The number of benzene rings is 2. The van der Waals surface area contributed by atoms with Crippen LogP contribution < -0.4 is 4.72 Å². The summed E-state index contributed by atoms with van der Waals surface area (Å²) in [6.45, 7) is 0.961. The van der Waals surface area contributed by atoms with Crippen LogP contribution in [0.15, 0.2) is 47.4 Å². The molecule has 0 bridgehead atoms. The second kappa shape index (κ2) is 6.15. The maximum absolute atomic E-state index is 12.8. The number of hydrogen-bond donors (Lipinski definition) is 1. The molecule has 2 aliphatic rings. The van der Waals surface area contributed by atoms with Gasteiger partial charge in [-0.1, -0.05) is 18.2 Å². The zero-order valence-electron chi connectivity index (χ0n) is 14.3. The van der Waals surface area contributed by atoms with Crippen molar-refractivity contribution in [3.63, 3.8) is 0 Å². The van der Waals surface area contributed by atoms with Crippen LogP contribution in [0.2, 0.25) is 0 Å². The van der Waals surface area contributed by atoms with Gasteiger partial charge in [0.1, 0.15) is 0 Å². The maximum Gasteiger partial charge on any atom is 0.269 e. The van der Waals surface area contributed by atoms with Crippen LogP contribution in [-0.4, -0.2) is 31.8 Å². The predicted molar refractivity (Wildman–Crippen MR) is 96.3 cm³/mol.